The zero-order valence-corrected chi connectivity index (χ0v) is 8.30. The van der Waals surface area contributed by atoms with Crippen LogP contribution in [-0.2, 0) is 0 Å². The topological polar surface area (TPSA) is 59.3 Å². The Kier molecular flexibility index (Phi) is 3.39. The molecule has 0 spiro atoms. The number of hydrogen-bond acceptors (Lipinski definition) is 4. The van der Waals surface area contributed by atoms with Gasteiger partial charge in [-0.15, -0.1) is 0 Å². The second-order valence-electron chi connectivity index (χ2n) is 2.79. The molecule has 0 saturated carbocycles. The summed E-state index contributed by atoms with van der Waals surface area (Å²) >= 11 is 0. The lowest BCUT2D eigenvalue weighted by Gasteiger charge is -2.19. The van der Waals surface area contributed by atoms with E-state index in [-0.39, 0.29) is 5.69 Å². The van der Waals surface area contributed by atoms with E-state index in [1.165, 1.54) is 6.20 Å². The van der Waals surface area contributed by atoms with Gasteiger partial charge in [-0.3, -0.25) is 15.1 Å². The monoisotopic (exact) mass is 195 g/mol. The minimum atomic E-state index is -0.402. The summed E-state index contributed by atoms with van der Waals surface area (Å²) in [6.45, 7) is 5.43. The van der Waals surface area contributed by atoms with E-state index < -0.39 is 4.92 Å². The van der Waals surface area contributed by atoms with Crippen LogP contribution in [0.4, 0.5) is 11.4 Å². The van der Waals surface area contributed by atoms with Crippen LogP contribution in [0.15, 0.2) is 18.5 Å². The van der Waals surface area contributed by atoms with Crippen molar-refractivity contribution >= 4 is 11.4 Å². The van der Waals surface area contributed by atoms with Gasteiger partial charge in [0.2, 0.25) is 0 Å². The Morgan fingerprint density at radius 2 is 2.14 bits per heavy atom. The molecular formula is C9H13N3O2. The molecule has 1 aromatic rings. The van der Waals surface area contributed by atoms with Gasteiger partial charge in [-0.05, 0) is 19.9 Å². The third-order valence-corrected chi connectivity index (χ3v) is 2.08. The second kappa shape index (κ2) is 4.55. The van der Waals surface area contributed by atoms with Crippen LogP contribution >= 0.6 is 0 Å². The molecule has 5 heteroatoms. The van der Waals surface area contributed by atoms with E-state index in [9.17, 15) is 10.1 Å². The molecule has 1 aromatic heterocycles. The number of rotatable bonds is 4. The minimum absolute atomic E-state index is 0.0659. The normalized spacial score (nSPS) is 9.86. The van der Waals surface area contributed by atoms with Crippen molar-refractivity contribution < 1.29 is 4.92 Å². The van der Waals surface area contributed by atoms with Gasteiger partial charge in [0, 0.05) is 19.3 Å². The molecule has 0 unspecified atom stereocenters. The third kappa shape index (κ3) is 1.99. The lowest BCUT2D eigenvalue weighted by molar-refractivity contribution is -0.384. The fourth-order valence-electron chi connectivity index (χ4n) is 1.35. The summed E-state index contributed by atoms with van der Waals surface area (Å²) in [5.74, 6) is 0. The van der Waals surface area contributed by atoms with Gasteiger partial charge in [0.1, 0.15) is 11.9 Å². The first-order valence-corrected chi connectivity index (χ1v) is 4.54. The summed E-state index contributed by atoms with van der Waals surface area (Å²) in [5.41, 5.74) is 0.700. The molecule has 0 atom stereocenters. The Bertz CT molecular complexity index is 324. The van der Waals surface area contributed by atoms with Crippen molar-refractivity contribution in [3.05, 3.63) is 28.6 Å². The fraction of sp³-hybridized carbons (Fsp3) is 0.444. The molecule has 0 amide bonds. The average Bonchev–Trinajstić information content (AvgIpc) is 2.20. The molecular weight excluding hydrogens is 182 g/mol. The first-order valence-electron chi connectivity index (χ1n) is 4.54. The Balaban J connectivity index is 3.11. The first kappa shape index (κ1) is 10.4. The van der Waals surface area contributed by atoms with E-state index in [1.54, 1.807) is 12.3 Å². The maximum atomic E-state index is 10.7. The first-order chi connectivity index (χ1) is 6.70. The zero-order valence-electron chi connectivity index (χ0n) is 8.30. The van der Waals surface area contributed by atoms with Crippen LogP contribution in [-0.4, -0.2) is 23.0 Å². The van der Waals surface area contributed by atoms with Crippen LogP contribution in [0.3, 0.4) is 0 Å². The molecule has 0 N–H and O–H groups in total. The summed E-state index contributed by atoms with van der Waals surface area (Å²) in [7, 11) is 0. The Morgan fingerprint density at radius 3 is 2.64 bits per heavy atom. The van der Waals surface area contributed by atoms with Gasteiger partial charge >= 0.3 is 5.69 Å². The molecule has 0 aliphatic heterocycles. The molecule has 0 fully saturated rings. The van der Waals surface area contributed by atoms with Gasteiger partial charge in [-0.2, -0.15) is 0 Å². The van der Waals surface area contributed by atoms with Crippen LogP contribution in [0.25, 0.3) is 0 Å². The largest absolute Gasteiger partial charge is 0.366 e. The summed E-state index contributed by atoms with van der Waals surface area (Å²) in [5, 5.41) is 10.7. The number of anilines is 1. The van der Waals surface area contributed by atoms with E-state index in [4.69, 9.17) is 0 Å². The van der Waals surface area contributed by atoms with E-state index in [0.717, 1.165) is 13.1 Å². The molecule has 76 valence electrons. The van der Waals surface area contributed by atoms with E-state index >= 15 is 0 Å². The van der Waals surface area contributed by atoms with Gasteiger partial charge in [0.15, 0.2) is 0 Å². The minimum Gasteiger partial charge on any atom is -0.366 e. The lowest BCUT2D eigenvalue weighted by atomic mass is 10.3. The van der Waals surface area contributed by atoms with Gasteiger partial charge < -0.3 is 4.90 Å². The molecule has 0 bridgehead atoms. The smallest absolute Gasteiger partial charge is 0.310 e. The van der Waals surface area contributed by atoms with Crippen LogP contribution < -0.4 is 4.90 Å². The maximum Gasteiger partial charge on any atom is 0.310 e. The van der Waals surface area contributed by atoms with Crippen LogP contribution in [0.5, 0.6) is 0 Å². The van der Waals surface area contributed by atoms with E-state index in [1.807, 2.05) is 18.7 Å². The third-order valence-electron chi connectivity index (χ3n) is 2.08. The predicted octanol–water partition coefficient (Wildman–Crippen LogP) is 1.84. The molecule has 0 aromatic carbocycles. The van der Waals surface area contributed by atoms with Gasteiger partial charge in [-0.1, -0.05) is 0 Å². The van der Waals surface area contributed by atoms with Crippen molar-refractivity contribution in [3.8, 4) is 0 Å². The van der Waals surface area contributed by atoms with Crippen molar-refractivity contribution in [2.45, 2.75) is 13.8 Å². The van der Waals surface area contributed by atoms with Gasteiger partial charge in [-0.25, -0.2) is 0 Å². The molecule has 1 heterocycles. The molecule has 1 rings (SSSR count). The summed E-state index contributed by atoms with van der Waals surface area (Å²) in [4.78, 5) is 16.0. The zero-order chi connectivity index (χ0) is 10.6. The highest BCUT2D eigenvalue weighted by atomic mass is 16.6. The predicted molar refractivity (Wildman–Crippen MR) is 54.5 cm³/mol. The highest BCUT2D eigenvalue weighted by Crippen LogP contribution is 2.25. The Morgan fingerprint density at radius 1 is 1.50 bits per heavy atom. The molecule has 0 saturated heterocycles. The number of pyridine rings is 1. The van der Waals surface area contributed by atoms with Crippen LogP contribution in [0, 0.1) is 10.1 Å². The van der Waals surface area contributed by atoms with Crippen LogP contribution in [0.1, 0.15) is 13.8 Å². The van der Waals surface area contributed by atoms with Crippen LogP contribution in [0.2, 0.25) is 0 Å². The maximum absolute atomic E-state index is 10.7. The van der Waals surface area contributed by atoms with E-state index in [2.05, 4.69) is 4.98 Å². The SMILES string of the molecule is CCN(CC)c1ccncc1[N+](=O)[O-]. The standard InChI is InChI=1S/C9H13N3O2/c1-3-11(4-2)8-5-6-10-7-9(8)12(13)14/h5-7H,3-4H2,1-2H3. The quantitative estimate of drug-likeness (QED) is 0.543. The fourth-order valence-corrected chi connectivity index (χ4v) is 1.35. The van der Waals surface area contributed by atoms with E-state index in [0.29, 0.717) is 5.69 Å². The van der Waals surface area contributed by atoms with Crippen molar-refractivity contribution in [1.29, 1.82) is 0 Å². The lowest BCUT2D eigenvalue weighted by Crippen LogP contribution is -2.22. The van der Waals surface area contributed by atoms with Gasteiger partial charge in [0.25, 0.3) is 0 Å². The Labute approximate surface area is 82.5 Å². The molecule has 0 aliphatic carbocycles. The number of aromatic nitrogens is 1. The molecule has 0 aliphatic rings. The van der Waals surface area contributed by atoms with Crippen molar-refractivity contribution in [2.24, 2.45) is 0 Å². The van der Waals surface area contributed by atoms with Crippen molar-refractivity contribution in [1.82, 2.24) is 4.98 Å². The molecule has 14 heavy (non-hydrogen) atoms. The molecule has 0 radical (unpaired) electrons. The van der Waals surface area contributed by atoms with Crippen molar-refractivity contribution in [2.75, 3.05) is 18.0 Å². The highest BCUT2D eigenvalue weighted by Gasteiger charge is 2.16. The summed E-state index contributed by atoms with van der Waals surface area (Å²) in [6, 6.07) is 1.67. The number of nitrogens with zero attached hydrogens (tertiary/aromatic N) is 3. The Hall–Kier alpha value is -1.65. The summed E-state index contributed by atoms with van der Waals surface area (Å²) < 4.78 is 0. The number of hydrogen-bond donors (Lipinski definition) is 0. The second-order valence-corrected chi connectivity index (χ2v) is 2.79. The molecule has 5 nitrogen and oxygen atoms in total. The average molecular weight is 195 g/mol. The van der Waals surface area contributed by atoms with Crippen molar-refractivity contribution in [3.63, 3.8) is 0 Å². The summed E-state index contributed by atoms with van der Waals surface area (Å²) in [6.07, 6.45) is 2.86. The van der Waals surface area contributed by atoms with Gasteiger partial charge in [0.05, 0.1) is 4.92 Å². The highest BCUT2D eigenvalue weighted by molar-refractivity contribution is 5.61. The number of nitro groups is 1.